The largest absolute Gasteiger partial charge is 0.748 e. The maximum absolute atomic E-state index is 2.44. The molecule has 0 saturated carbocycles. The van der Waals surface area contributed by atoms with E-state index in [1.807, 2.05) is 30.3 Å². The molecule has 0 aliphatic carbocycles. The molecule has 0 fully saturated rings. The van der Waals surface area contributed by atoms with Crippen molar-refractivity contribution in [1.29, 1.82) is 0 Å². The van der Waals surface area contributed by atoms with Gasteiger partial charge in [0, 0.05) is 17.1 Å². The smallest absolute Gasteiger partial charge is 0 e. The number of benzene rings is 2. The van der Waals surface area contributed by atoms with E-state index in [-0.39, 0.29) is 17.1 Å². The van der Waals surface area contributed by atoms with Crippen LogP contribution in [0.25, 0.3) is 0 Å². The minimum Gasteiger partial charge on any atom is -0.748 e. The molecular weight excluding hydrogens is 478 g/mol. The molecule has 0 amide bonds. The third-order valence-corrected chi connectivity index (χ3v) is 7.43. The molecule has 0 aliphatic rings. The molecule has 0 heterocycles. The minimum atomic E-state index is -0.437. The van der Waals surface area contributed by atoms with Gasteiger partial charge in [0.05, 0.1) is 0 Å². The van der Waals surface area contributed by atoms with Crippen LogP contribution in [0.2, 0.25) is 0 Å². The molecular formula is C22H18FeIP-6. The van der Waals surface area contributed by atoms with Crippen molar-refractivity contribution in [3.05, 3.63) is 113 Å². The molecule has 4 rings (SSSR count). The van der Waals surface area contributed by atoms with E-state index >= 15 is 0 Å². The SMILES string of the molecule is I[c-]1cccc1P(c1ccccc1)c1ccccc1.[Fe].[cH-]1[cH-][cH-][cH-][cH-]1. The molecule has 25 heavy (non-hydrogen) atoms. The second-order valence-corrected chi connectivity index (χ2v) is 8.58. The number of hydrogen-bond donors (Lipinski definition) is 0. The number of hydrogen-bond acceptors (Lipinski definition) is 0. The van der Waals surface area contributed by atoms with Crippen molar-refractivity contribution < 1.29 is 17.1 Å². The molecule has 0 bridgehead atoms. The molecule has 0 spiro atoms. The van der Waals surface area contributed by atoms with Gasteiger partial charge in [-0.1, -0.05) is 64.2 Å². The third-order valence-electron chi connectivity index (χ3n) is 3.57. The fourth-order valence-electron chi connectivity index (χ4n) is 2.47. The summed E-state index contributed by atoms with van der Waals surface area (Å²) < 4.78 is 1.36. The van der Waals surface area contributed by atoms with Gasteiger partial charge in [0.25, 0.3) is 0 Å². The van der Waals surface area contributed by atoms with Gasteiger partial charge in [-0.15, -0.1) is 27.9 Å². The molecule has 0 atom stereocenters. The van der Waals surface area contributed by atoms with Crippen LogP contribution in [0.5, 0.6) is 0 Å². The van der Waals surface area contributed by atoms with Crippen molar-refractivity contribution in [3.8, 4) is 0 Å². The van der Waals surface area contributed by atoms with Crippen molar-refractivity contribution in [1.82, 2.24) is 0 Å². The van der Waals surface area contributed by atoms with E-state index in [9.17, 15) is 0 Å². The Kier molecular flexibility index (Phi) is 8.64. The second kappa shape index (κ2) is 10.7. The van der Waals surface area contributed by atoms with Crippen LogP contribution >= 0.6 is 30.5 Å². The summed E-state index contributed by atoms with van der Waals surface area (Å²) in [5.74, 6) is 0. The van der Waals surface area contributed by atoms with Gasteiger partial charge in [-0.3, -0.25) is 0 Å². The molecule has 0 saturated heterocycles. The van der Waals surface area contributed by atoms with E-state index in [2.05, 4.69) is 101 Å². The zero-order valence-corrected chi connectivity index (χ0v) is 17.7. The Bertz CT molecular complexity index is 766. The average Bonchev–Trinajstić information content (AvgIpc) is 3.33. The van der Waals surface area contributed by atoms with E-state index in [0.717, 1.165) is 0 Å². The van der Waals surface area contributed by atoms with Crippen molar-refractivity contribution >= 4 is 46.4 Å². The van der Waals surface area contributed by atoms with Crippen LogP contribution in [0.1, 0.15) is 0 Å². The molecule has 0 radical (unpaired) electrons. The first kappa shape index (κ1) is 20.1. The Labute approximate surface area is 175 Å². The van der Waals surface area contributed by atoms with Crippen molar-refractivity contribution in [3.63, 3.8) is 0 Å². The first-order valence-corrected chi connectivity index (χ1v) is 10.3. The summed E-state index contributed by atoms with van der Waals surface area (Å²) in [5, 5.41) is 4.27. The zero-order chi connectivity index (χ0) is 16.6. The Morgan fingerprint density at radius 2 is 1.08 bits per heavy atom. The van der Waals surface area contributed by atoms with Gasteiger partial charge in [0.2, 0.25) is 0 Å². The molecule has 3 heteroatoms. The predicted octanol–water partition coefficient (Wildman–Crippen LogP) is 5.17. The maximum atomic E-state index is 2.44. The summed E-state index contributed by atoms with van der Waals surface area (Å²) in [5.41, 5.74) is 0. The van der Waals surface area contributed by atoms with Gasteiger partial charge in [-0.05, 0) is 18.5 Å². The van der Waals surface area contributed by atoms with E-state index < -0.39 is 7.92 Å². The normalized spacial score (nSPS) is 9.84. The summed E-state index contributed by atoms with van der Waals surface area (Å²) >= 11 is 2.44. The molecule has 0 unspecified atom stereocenters. The van der Waals surface area contributed by atoms with Crippen LogP contribution in [0.4, 0.5) is 0 Å². The summed E-state index contributed by atoms with van der Waals surface area (Å²) in [7, 11) is -0.437. The topological polar surface area (TPSA) is 0 Å². The Morgan fingerprint density at radius 1 is 0.640 bits per heavy atom. The summed E-state index contributed by atoms with van der Waals surface area (Å²) in [4.78, 5) is 0. The fourth-order valence-corrected chi connectivity index (χ4v) is 5.90. The van der Waals surface area contributed by atoms with E-state index in [1.165, 1.54) is 19.5 Å². The standard InChI is InChI=1S/C17H13IP.C5H5.Fe/c18-16-12-7-13-17(16)19(14-8-3-1-4-9-14)15-10-5-2-6-11-15;1-2-4-5-3-1;/h1-13H;1-5H;/q-1;-5;. The maximum Gasteiger partial charge on any atom is 0 e. The van der Waals surface area contributed by atoms with Gasteiger partial charge < -0.3 is 30.3 Å². The van der Waals surface area contributed by atoms with Gasteiger partial charge in [-0.2, -0.15) is 6.07 Å². The van der Waals surface area contributed by atoms with Crippen molar-refractivity contribution in [2.45, 2.75) is 0 Å². The predicted molar refractivity (Wildman–Crippen MR) is 115 cm³/mol. The van der Waals surface area contributed by atoms with Crippen LogP contribution in [0.3, 0.4) is 0 Å². The molecule has 0 aromatic heterocycles. The van der Waals surface area contributed by atoms with Gasteiger partial charge in [-0.25, -0.2) is 12.1 Å². The molecule has 4 aromatic carbocycles. The summed E-state index contributed by atoms with van der Waals surface area (Å²) in [6, 6.07) is 38.2. The Balaban J connectivity index is 0.000000325. The monoisotopic (exact) mass is 496 g/mol. The third kappa shape index (κ3) is 5.66. The Morgan fingerprint density at radius 3 is 1.44 bits per heavy atom. The van der Waals surface area contributed by atoms with E-state index in [0.29, 0.717) is 0 Å². The molecule has 0 N–H and O–H groups in total. The summed E-state index contributed by atoms with van der Waals surface area (Å²) in [6.07, 6.45) is 0. The first-order chi connectivity index (χ1) is 11.9. The Hall–Kier alpha value is -1.18. The van der Waals surface area contributed by atoms with Crippen LogP contribution in [0, 0.1) is 3.57 Å². The molecule has 4 aromatic rings. The molecule has 132 valence electrons. The number of halogens is 1. The van der Waals surface area contributed by atoms with Crippen molar-refractivity contribution in [2.75, 3.05) is 0 Å². The average molecular weight is 496 g/mol. The van der Waals surface area contributed by atoms with E-state index in [4.69, 9.17) is 0 Å². The van der Waals surface area contributed by atoms with Crippen LogP contribution < -0.4 is 15.9 Å². The quantitative estimate of drug-likeness (QED) is 0.159. The van der Waals surface area contributed by atoms with Crippen LogP contribution in [-0.4, -0.2) is 0 Å². The summed E-state index contributed by atoms with van der Waals surface area (Å²) in [6.45, 7) is 0. The van der Waals surface area contributed by atoms with E-state index in [1.54, 1.807) is 0 Å². The molecule has 0 nitrogen and oxygen atoms in total. The second-order valence-electron chi connectivity index (χ2n) is 5.23. The van der Waals surface area contributed by atoms with Gasteiger partial charge in [0.1, 0.15) is 0 Å². The van der Waals surface area contributed by atoms with Crippen molar-refractivity contribution in [2.24, 2.45) is 0 Å². The molecule has 0 aliphatic heterocycles. The minimum absolute atomic E-state index is 0. The first-order valence-electron chi connectivity index (χ1n) is 7.84. The zero-order valence-electron chi connectivity index (χ0n) is 13.6. The fraction of sp³-hybridized carbons (Fsp3) is 0. The van der Waals surface area contributed by atoms with Crippen LogP contribution in [0.15, 0.2) is 109 Å². The van der Waals surface area contributed by atoms with Crippen LogP contribution in [-0.2, 0) is 17.1 Å². The van der Waals surface area contributed by atoms with Gasteiger partial charge in [0.15, 0.2) is 0 Å². The number of rotatable bonds is 3. The van der Waals surface area contributed by atoms with Gasteiger partial charge >= 0.3 is 0 Å².